The Balaban J connectivity index is 1.66. The van der Waals surface area contributed by atoms with Gasteiger partial charge in [0.2, 0.25) is 0 Å². The molecule has 1 aromatic heterocycles. The van der Waals surface area contributed by atoms with E-state index in [1.807, 2.05) is 12.1 Å². The van der Waals surface area contributed by atoms with Gasteiger partial charge in [-0.25, -0.2) is 0 Å². The summed E-state index contributed by atoms with van der Waals surface area (Å²) in [5.41, 5.74) is 0.518. The van der Waals surface area contributed by atoms with Crippen molar-refractivity contribution in [2.45, 2.75) is 18.9 Å². The Hall–Kier alpha value is -1.42. The Kier molecular flexibility index (Phi) is 2.81. The molecule has 1 unspecified atom stereocenters. The average Bonchev–Trinajstić information content (AvgIpc) is 2.41. The maximum Gasteiger partial charge on any atom is 0.270 e. The number of carbonyl (C=O) groups excluding carboxylic acids is 1. The molecule has 4 heterocycles. The van der Waals surface area contributed by atoms with Gasteiger partial charge >= 0.3 is 0 Å². The number of carbonyl (C=O) groups is 1. The first kappa shape index (κ1) is 10.7. The van der Waals surface area contributed by atoms with Gasteiger partial charge in [-0.05, 0) is 44.0 Å². The molecule has 2 bridgehead atoms. The summed E-state index contributed by atoms with van der Waals surface area (Å²) in [5.74, 6) is 0.622. The molecule has 0 spiro atoms. The second-order valence-corrected chi connectivity index (χ2v) is 4.93. The molecular weight excluding hydrogens is 214 g/mol. The maximum absolute atomic E-state index is 12.0. The largest absolute Gasteiger partial charge is 0.346 e. The molecule has 90 valence electrons. The molecule has 17 heavy (non-hydrogen) atoms. The van der Waals surface area contributed by atoms with Crippen LogP contribution in [0.5, 0.6) is 0 Å². The Morgan fingerprint density at radius 1 is 1.35 bits per heavy atom. The molecule has 0 saturated carbocycles. The van der Waals surface area contributed by atoms with Crippen LogP contribution in [0.15, 0.2) is 24.4 Å². The van der Waals surface area contributed by atoms with Crippen molar-refractivity contribution < 1.29 is 4.79 Å². The quantitative estimate of drug-likeness (QED) is 0.822. The van der Waals surface area contributed by atoms with Gasteiger partial charge in [-0.2, -0.15) is 0 Å². The van der Waals surface area contributed by atoms with E-state index >= 15 is 0 Å². The first-order valence-electron chi connectivity index (χ1n) is 6.27. The molecule has 1 amide bonds. The SMILES string of the molecule is O=C(NC1CN2CCC1CC2)c1ccccn1. The number of nitrogens with zero attached hydrogens (tertiary/aromatic N) is 2. The number of nitrogens with one attached hydrogen (secondary N) is 1. The minimum atomic E-state index is -0.0376. The number of fused-ring (bicyclic) bond motifs is 3. The van der Waals surface area contributed by atoms with Crippen LogP contribution < -0.4 is 5.32 Å². The number of piperidine rings is 3. The molecule has 1 N–H and O–H groups in total. The van der Waals surface area contributed by atoms with E-state index in [2.05, 4.69) is 15.2 Å². The molecular formula is C13H17N3O. The van der Waals surface area contributed by atoms with Crippen LogP contribution in [0.1, 0.15) is 23.3 Å². The van der Waals surface area contributed by atoms with E-state index in [4.69, 9.17) is 0 Å². The third-order valence-electron chi connectivity index (χ3n) is 3.87. The third kappa shape index (κ3) is 2.17. The van der Waals surface area contributed by atoms with Crippen molar-refractivity contribution in [3.05, 3.63) is 30.1 Å². The second kappa shape index (κ2) is 4.45. The number of aromatic nitrogens is 1. The molecule has 1 aromatic rings. The van der Waals surface area contributed by atoms with Crippen molar-refractivity contribution in [2.24, 2.45) is 5.92 Å². The number of amides is 1. The van der Waals surface area contributed by atoms with Crippen LogP contribution in [-0.4, -0.2) is 41.5 Å². The van der Waals surface area contributed by atoms with E-state index in [0.29, 0.717) is 17.7 Å². The van der Waals surface area contributed by atoms with Crippen LogP contribution >= 0.6 is 0 Å². The lowest BCUT2D eigenvalue weighted by Crippen LogP contribution is -2.57. The Morgan fingerprint density at radius 2 is 2.18 bits per heavy atom. The van der Waals surface area contributed by atoms with E-state index in [9.17, 15) is 4.79 Å². The Bertz CT molecular complexity index is 398. The van der Waals surface area contributed by atoms with Gasteiger partial charge in [-0.3, -0.25) is 9.78 Å². The summed E-state index contributed by atoms with van der Waals surface area (Å²) in [6.45, 7) is 3.39. The lowest BCUT2D eigenvalue weighted by atomic mass is 9.84. The summed E-state index contributed by atoms with van der Waals surface area (Å²) in [4.78, 5) is 18.5. The molecule has 3 aliphatic rings. The standard InChI is InChI=1S/C13H17N3O/c17-13(11-3-1-2-6-14-11)15-12-9-16-7-4-10(12)5-8-16/h1-3,6,10,12H,4-5,7-9H2,(H,15,17). The zero-order valence-corrected chi connectivity index (χ0v) is 9.80. The van der Waals surface area contributed by atoms with Crippen molar-refractivity contribution >= 4 is 5.91 Å². The predicted molar refractivity (Wildman–Crippen MR) is 64.7 cm³/mol. The smallest absolute Gasteiger partial charge is 0.270 e. The molecule has 4 heteroatoms. The maximum atomic E-state index is 12.0. The number of rotatable bonds is 2. The summed E-state index contributed by atoms with van der Waals surface area (Å²) in [7, 11) is 0. The lowest BCUT2D eigenvalue weighted by molar-refractivity contribution is 0.0618. The molecule has 0 radical (unpaired) electrons. The van der Waals surface area contributed by atoms with Gasteiger partial charge in [0.05, 0.1) is 0 Å². The summed E-state index contributed by atoms with van der Waals surface area (Å²) in [5, 5.41) is 3.12. The predicted octanol–water partition coefficient (Wildman–Crippen LogP) is 0.906. The first-order chi connectivity index (χ1) is 8.33. The fourth-order valence-corrected chi connectivity index (χ4v) is 2.87. The van der Waals surface area contributed by atoms with Gasteiger partial charge < -0.3 is 10.2 Å². The number of hydrogen-bond acceptors (Lipinski definition) is 3. The summed E-state index contributed by atoms with van der Waals surface area (Å²) in [6.07, 6.45) is 4.09. The summed E-state index contributed by atoms with van der Waals surface area (Å²) in [6, 6.07) is 5.74. The molecule has 0 aromatic carbocycles. The number of pyridine rings is 1. The molecule has 1 atom stereocenters. The van der Waals surface area contributed by atoms with Crippen LogP contribution in [0, 0.1) is 5.92 Å². The summed E-state index contributed by atoms with van der Waals surface area (Å²) < 4.78 is 0. The monoisotopic (exact) mass is 231 g/mol. The Morgan fingerprint density at radius 3 is 2.76 bits per heavy atom. The zero-order valence-electron chi connectivity index (χ0n) is 9.80. The lowest BCUT2D eigenvalue weighted by Gasteiger charge is -2.44. The third-order valence-corrected chi connectivity index (χ3v) is 3.87. The van der Waals surface area contributed by atoms with Crippen molar-refractivity contribution in [1.82, 2.24) is 15.2 Å². The zero-order chi connectivity index (χ0) is 11.7. The topological polar surface area (TPSA) is 45.2 Å². The van der Waals surface area contributed by atoms with E-state index in [0.717, 1.165) is 6.54 Å². The van der Waals surface area contributed by atoms with Crippen molar-refractivity contribution in [2.75, 3.05) is 19.6 Å². The van der Waals surface area contributed by atoms with Crippen molar-refractivity contribution in [3.63, 3.8) is 0 Å². The van der Waals surface area contributed by atoms with Crippen molar-refractivity contribution in [1.29, 1.82) is 0 Å². The van der Waals surface area contributed by atoms with Crippen LogP contribution in [-0.2, 0) is 0 Å². The number of hydrogen-bond donors (Lipinski definition) is 1. The van der Waals surface area contributed by atoms with Gasteiger partial charge in [-0.1, -0.05) is 6.07 Å². The highest BCUT2D eigenvalue weighted by Gasteiger charge is 2.34. The van der Waals surface area contributed by atoms with Gasteiger partial charge in [0.25, 0.3) is 5.91 Å². The fraction of sp³-hybridized carbons (Fsp3) is 0.538. The van der Waals surface area contributed by atoms with Crippen molar-refractivity contribution in [3.8, 4) is 0 Å². The van der Waals surface area contributed by atoms with E-state index in [-0.39, 0.29) is 5.91 Å². The fourth-order valence-electron chi connectivity index (χ4n) is 2.87. The minimum absolute atomic E-state index is 0.0376. The molecule has 4 nitrogen and oxygen atoms in total. The highest BCUT2D eigenvalue weighted by molar-refractivity contribution is 5.92. The first-order valence-corrected chi connectivity index (χ1v) is 6.27. The summed E-state index contributed by atoms with van der Waals surface area (Å²) >= 11 is 0. The normalized spacial score (nSPS) is 31.2. The van der Waals surface area contributed by atoms with Crippen LogP contribution in [0.25, 0.3) is 0 Å². The highest BCUT2D eigenvalue weighted by atomic mass is 16.1. The molecule has 3 aliphatic heterocycles. The van der Waals surface area contributed by atoms with Crippen LogP contribution in [0.4, 0.5) is 0 Å². The molecule has 4 rings (SSSR count). The van der Waals surface area contributed by atoms with Gasteiger partial charge in [-0.15, -0.1) is 0 Å². The van der Waals surface area contributed by atoms with Gasteiger partial charge in [0, 0.05) is 18.8 Å². The van der Waals surface area contributed by atoms with E-state index in [1.165, 1.54) is 25.9 Å². The minimum Gasteiger partial charge on any atom is -0.346 e. The highest BCUT2D eigenvalue weighted by Crippen LogP contribution is 2.27. The van der Waals surface area contributed by atoms with Gasteiger partial charge in [0.15, 0.2) is 0 Å². The average molecular weight is 231 g/mol. The van der Waals surface area contributed by atoms with E-state index in [1.54, 1.807) is 12.3 Å². The Labute approximate surface area is 101 Å². The molecule has 0 aliphatic carbocycles. The second-order valence-electron chi connectivity index (χ2n) is 4.93. The van der Waals surface area contributed by atoms with Crippen LogP contribution in [0.2, 0.25) is 0 Å². The molecule has 3 saturated heterocycles. The van der Waals surface area contributed by atoms with Gasteiger partial charge in [0.1, 0.15) is 5.69 Å². The van der Waals surface area contributed by atoms with E-state index < -0.39 is 0 Å². The molecule has 3 fully saturated rings. The van der Waals surface area contributed by atoms with Crippen LogP contribution in [0.3, 0.4) is 0 Å².